The summed E-state index contributed by atoms with van der Waals surface area (Å²) in [5.41, 5.74) is 1.68. The summed E-state index contributed by atoms with van der Waals surface area (Å²) in [5.74, 6) is 1.22. The maximum Gasteiger partial charge on any atom is 0.407 e. The monoisotopic (exact) mass is 509 g/mol. The first-order chi connectivity index (χ1) is 18.0. The van der Waals surface area contributed by atoms with Crippen LogP contribution in [-0.2, 0) is 27.4 Å². The molecule has 0 aliphatic carbocycles. The number of rotatable bonds is 10. The topological polar surface area (TPSA) is 116 Å². The van der Waals surface area contributed by atoms with Crippen molar-refractivity contribution in [3.05, 3.63) is 96.1 Å². The van der Waals surface area contributed by atoms with Gasteiger partial charge in [0.25, 0.3) is 0 Å². The zero-order valence-corrected chi connectivity index (χ0v) is 20.4. The Bertz CT molecular complexity index is 1100. The molecule has 1 saturated heterocycles. The Morgan fingerprint density at radius 3 is 2.08 bits per heavy atom. The van der Waals surface area contributed by atoms with E-state index in [4.69, 9.17) is 23.7 Å². The Kier molecular flexibility index (Phi) is 9.34. The molecule has 1 aliphatic rings. The van der Waals surface area contributed by atoms with Crippen molar-refractivity contribution in [1.29, 1.82) is 0 Å². The van der Waals surface area contributed by atoms with Crippen molar-refractivity contribution in [3.63, 3.8) is 0 Å². The fourth-order valence-corrected chi connectivity index (χ4v) is 3.94. The lowest BCUT2D eigenvalue weighted by molar-refractivity contribution is -0.261. The molecule has 4 rings (SSSR count). The lowest BCUT2D eigenvalue weighted by Crippen LogP contribution is -2.65. The first kappa shape index (κ1) is 26.4. The molecule has 0 bridgehead atoms. The average Bonchev–Trinajstić information content (AvgIpc) is 2.94. The van der Waals surface area contributed by atoms with Gasteiger partial charge < -0.3 is 39.2 Å². The Balaban J connectivity index is 1.41. The van der Waals surface area contributed by atoms with Gasteiger partial charge in [-0.3, -0.25) is 0 Å². The van der Waals surface area contributed by atoms with Gasteiger partial charge in [-0.25, -0.2) is 4.79 Å². The Morgan fingerprint density at radius 2 is 1.46 bits per heavy atom. The highest BCUT2D eigenvalue weighted by molar-refractivity contribution is 5.67. The first-order valence-electron chi connectivity index (χ1n) is 11.9. The van der Waals surface area contributed by atoms with Gasteiger partial charge in [-0.05, 0) is 35.4 Å². The third-order valence-electron chi connectivity index (χ3n) is 5.95. The van der Waals surface area contributed by atoms with Crippen LogP contribution in [0.15, 0.2) is 84.9 Å². The summed E-state index contributed by atoms with van der Waals surface area (Å²) < 4.78 is 27.8. The molecular weight excluding hydrogens is 478 g/mol. The van der Waals surface area contributed by atoms with Crippen LogP contribution in [0.4, 0.5) is 4.79 Å². The fourth-order valence-electron chi connectivity index (χ4n) is 3.94. The third kappa shape index (κ3) is 7.43. The molecule has 0 radical (unpaired) electrons. The molecule has 3 aromatic carbocycles. The van der Waals surface area contributed by atoms with Crippen LogP contribution in [0.2, 0.25) is 0 Å². The minimum absolute atomic E-state index is 0.0484. The maximum atomic E-state index is 12.5. The summed E-state index contributed by atoms with van der Waals surface area (Å²) in [5, 5.41) is 24.5. The standard InChI is InChI=1S/C28H31NO8/c1-33-21-12-14-22(15-13-21)34-18-23-25(30)26(35-16-19-8-4-2-5-9-19)24(27(31)37-23)29-28(32)36-17-20-10-6-3-7-11-20/h2-15,23-27,30-31H,16-18H2,1H3,(H,29,32)/t23-,24-,25-,26-,27+/m1/s1. The fraction of sp³-hybridized carbons (Fsp3) is 0.321. The molecule has 1 aliphatic heterocycles. The van der Waals surface area contributed by atoms with Gasteiger partial charge in [0.1, 0.15) is 49.1 Å². The van der Waals surface area contributed by atoms with E-state index in [1.54, 1.807) is 31.4 Å². The van der Waals surface area contributed by atoms with E-state index in [-0.39, 0.29) is 19.8 Å². The van der Waals surface area contributed by atoms with Crippen LogP contribution in [0, 0.1) is 0 Å². The zero-order valence-electron chi connectivity index (χ0n) is 20.4. The van der Waals surface area contributed by atoms with Gasteiger partial charge in [0, 0.05) is 0 Å². The summed E-state index contributed by atoms with van der Waals surface area (Å²) in [6, 6.07) is 24.4. The Hall–Kier alpha value is -3.63. The zero-order chi connectivity index (χ0) is 26.0. The second-order valence-corrected chi connectivity index (χ2v) is 8.54. The minimum atomic E-state index is -1.47. The summed E-state index contributed by atoms with van der Waals surface area (Å²) in [4.78, 5) is 12.5. The Labute approximate surface area is 215 Å². The second-order valence-electron chi connectivity index (χ2n) is 8.54. The smallest absolute Gasteiger partial charge is 0.407 e. The van der Waals surface area contributed by atoms with Crippen molar-refractivity contribution in [3.8, 4) is 11.5 Å². The van der Waals surface area contributed by atoms with Gasteiger partial charge in [-0.1, -0.05) is 60.7 Å². The summed E-state index contributed by atoms with van der Waals surface area (Å²) in [6.45, 7) is 0.145. The predicted molar refractivity (Wildman–Crippen MR) is 134 cm³/mol. The average molecular weight is 510 g/mol. The summed E-state index contributed by atoms with van der Waals surface area (Å²) in [7, 11) is 1.57. The van der Waals surface area contributed by atoms with Crippen LogP contribution < -0.4 is 14.8 Å². The van der Waals surface area contributed by atoms with E-state index >= 15 is 0 Å². The quantitative estimate of drug-likeness (QED) is 0.382. The number of alkyl carbamates (subject to hydrolysis) is 1. The van der Waals surface area contributed by atoms with Crippen molar-refractivity contribution in [2.45, 2.75) is 43.9 Å². The SMILES string of the molecule is COc1ccc(OC[C@H]2O[C@H](O)[C@H](NC(=O)OCc3ccccc3)[C@@H](OCc3ccccc3)[C@@H]2O)cc1. The van der Waals surface area contributed by atoms with Gasteiger partial charge in [0.15, 0.2) is 6.29 Å². The molecule has 0 aromatic heterocycles. The molecule has 1 heterocycles. The number of carbonyl (C=O) groups excluding carboxylic acids is 1. The van der Waals surface area contributed by atoms with E-state index in [0.29, 0.717) is 11.5 Å². The Morgan fingerprint density at radius 1 is 0.865 bits per heavy atom. The maximum absolute atomic E-state index is 12.5. The number of carbonyl (C=O) groups is 1. The summed E-state index contributed by atoms with van der Waals surface area (Å²) in [6.07, 6.45) is -5.39. The van der Waals surface area contributed by atoms with E-state index in [2.05, 4.69) is 5.32 Å². The molecule has 3 N–H and O–H groups in total. The molecule has 0 saturated carbocycles. The van der Waals surface area contributed by atoms with Gasteiger partial charge >= 0.3 is 6.09 Å². The molecule has 3 aromatic rings. The van der Waals surface area contributed by atoms with Gasteiger partial charge in [-0.2, -0.15) is 0 Å². The number of nitrogens with one attached hydrogen (secondary N) is 1. The predicted octanol–water partition coefficient (Wildman–Crippen LogP) is 3.03. The van der Waals surface area contributed by atoms with Crippen LogP contribution in [0.3, 0.4) is 0 Å². The number of hydrogen-bond donors (Lipinski definition) is 3. The number of ether oxygens (including phenoxy) is 5. The lowest BCUT2D eigenvalue weighted by atomic mass is 9.96. The molecule has 9 nitrogen and oxygen atoms in total. The number of benzene rings is 3. The highest BCUT2D eigenvalue weighted by Crippen LogP contribution is 2.25. The van der Waals surface area contributed by atoms with E-state index in [1.165, 1.54) is 0 Å². The molecule has 1 fully saturated rings. The van der Waals surface area contributed by atoms with Crippen LogP contribution in [0.1, 0.15) is 11.1 Å². The molecule has 196 valence electrons. The molecular formula is C28H31NO8. The lowest BCUT2D eigenvalue weighted by Gasteiger charge is -2.42. The van der Waals surface area contributed by atoms with Crippen molar-refractivity contribution in [1.82, 2.24) is 5.32 Å². The highest BCUT2D eigenvalue weighted by Gasteiger charge is 2.46. The molecule has 37 heavy (non-hydrogen) atoms. The second kappa shape index (κ2) is 13.1. The summed E-state index contributed by atoms with van der Waals surface area (Å²) >= 11 is 0. The van der Waals surface area contributed by atoms with Crippen molar-refractivity contribution < 1.29 is 38.7 Å². The normalized spacial score (nSPS) is 23.2. The van der Waals surface area contributed by atoms with Crippen LogP contribution in [0.25, 0.3) is 0 Å². The number of aliphatic hydroxyl groups excluding tert-OH is 2. The number of hydrogen-bond acceptors (Lipinski definition) is 8. The highest BCUT2D eigenvalue weighted by atomic mass is 16.6. The van der Waals surface area contributed by atoms with Crippen molar-refractivity contribution in [2.75, 3.05) is 13.7 Å². The molecule has 1 amide bonds. The van der Waals surface area contributed by atoms with Crippen LogP contribution >= 0.6 is 0 Å². The van der Waals surface area contributed by atoms with Gasteiger partial charge in [-0.15, -0.1) is 0 Å². The number of methoxy groups -OCH3 is 1. The third-order valence-corrected chi connectivity index (χ3v) is 5.95. The van der Waals surface area contributed by atoms with E-state index in [1.807, 2.05) is 60.7 Å². The largest absolute Gasteiger partial charge is 0.497 e. The van der Waals surface area contributed by atoms with E-state index in [0.717, 1.165) is 11.1 Å². The first-order valence-corrected chi connectivity index (χ1v) is 11.9. The minimum Gasteiger partial charge on any atom is -0.497 e. The molecule has 9 heteroatoms. The number of aliphatic hydroxyl groups is 2. The number of amides is 1. The van der Waals surface area contributed by atoms with Crippen molar-refractivity contribution in [2.24, 2.45) is 0 Å². The molecule has 0 unspecified atom stereocenters. The molecule has 5 atom stereocenters. The van der Waals surface area contributed by atoms with Crippen LogP contribution in [-0.4, -0.2) is 60.7 Å². The van der Waals surface area contributed by atoms with Crippen molar-refractivity contribution >= 4 is 6.09 Å². The van der Waals surface area contributed by atoms with E-state index in [9.17, 15) is 15.0 Å². The van der Waals surface area contributed by atoms with E-state index < -0.39 is 36.7 Å². The van der Waals surface area contributed by atoms with Crippen LogP contribution in [0.5, 0.6) is 11.5 Å². The molecule has 0 spiro atoms. The van der Waals surface area contributed by atoms with Gasteiger partial charge in [0.05, 0.1) is 13.7 Å². The van der Waals surface area contributed by atoms with Gasteiger partial charge in [0.2, 0.25) is 0 Å².